The van der Waals surface area contributed by atoms with Crippen molar-refractivity contribution in [2.45, 2.75) is 6.18 Å². The molecule has 0 radical (unpaired) electrons. The van der Waals surface area contributed by atoms with E-state index in [1.54, 1.807) is 0 Å². The maximum Gasteiger partial charge on any atom is 0.451 e. The van der Waals surface area contributed by atoms with Gasteiger partial charge >= 0.3 is 6.18 Å². The highest BCUT2D eigenvalue weighted by Crippen LogP contribution is 2.26. The maximum atomic E-state index is 12.0. The summed E-state index contributed by atoms with van der Waals surface area (Å²) >= 11 is 0. The fraction of sp³-hybridized carbons (Fsp3) is 0.333. The van der Waals surface area contributed by atoms with Gasteiger partial charge in [-0.05, 0) is 6.07 Å². The maximum absolute atomic E-state index is 12.0. The summed E-state index contributed by atoms with van der Waals surface area (Å²) in [6.07, 6.45) is -3.42. The Kier molecular flexibility index (Phi) is 3.93. The number of hydrogen-bond donors (Lipinski definition) is 1. The van der Waals surface area contributed by atoms with E-state index in [4.69, 9.17) is 0 Å². The summed E-state index contributed by atoms with van der Waals surface area (Å²) in [6, 6.07) is 1.36. The van der Waals surface area contributed by atoms with Crippen LogP contribution in [0.2, 0.25) is 0 Å². The van der Waals surface area contributed by atoms with Crippen molar-refractivity contribution in [1.82, 2.24) is 9.97 Å². The van der Waals surface area contributed by atoms with Crippen molar-refractivity contribution in [2.75, 3.05) is 12.4 Å². The zero-order valence-corrected chi connectivity index (χ0v) is 7.41. The summed E-state index contributed by atoms with van der Waals surface area (Å²) in [7, 11) is 1.49. The van der Waals surface area contributed by atoms with Crippen molar-refractivity contribution in [3.8, 4) is 0 Å². The minimum absolute atomic E-state index is 0. The summed E-state index contributed by atoms with van der Waals surface area (Å²) in [5.41, 5.74) is 0. The van der Waals surface area contributed by atoms with Gasteiger partial charge in [0, 0.05) is 13.2 Å². The molecule has 0 spiro atoms. The lowest BCUT2D eigenvalue weighted by atomic mass is 10.5. The van der Waals surface area contributed by atoms with Crippen LogP contribution in [0.5, 0.6) is 0 Å². The van der Waals surface area contributed by atoms with Gasteiger partial charge in [0.15, 0.2) is 0 Å². The second-order valence-corrected chi connectivity index (χ2v) is 2.01. The van der Waals surface area contributed by atoms with Crippen molar-refractivity contribution in [3.63, 3.8) is 0 Å². The van der Waals surface area contributed by atoms with E-state index in [1.165, 1.54) is 13.1 Å². The van der Waals surface area contributed by atoms with Gasteiger partial charge in [-0.25, -0.2) is 9.97 Å². The van der Waals surface area contributed by atoms with E-state index in [-0.39, 0.29) is 18.2 Å². The van der Waals surface area contributed by atoms with Crippen LogP contribution in [-0.4, -0.2) is 17.0 Å². The van der Waals surface area contributed by atoms with Gasteiger partial charge in [0.2, 0.25) is 5.82 Å². The van der Waals surface area contributed by atoms with E-state index >= 15 is 0 Å². The van der Waals surface area contributed by atoms with E-state index in [0.717, 1.165) is 6.20 Å². The minimum atomic E-state index is -4.48. The predicted molar refractivity (Wildman–Crippen MR) is 43.8 cm³/mol. The normalized spacial score (nSPS) is 10.5. The highest BCUT2D eigenvalue weighted by Gasteiger charge is 2.34. The van der Waals surface area contributed by atoms with E-state index in [1.807, 2.05) is 0 Å². The lowest BCUT2D eigenvalue weighted by Gasteiger charge is -2.05. The Morgan fingerprint density at radius 3 is 2.46 bits per heavy atom. The second-order valence-electron chi connectivity index (χ2n) is 2.01. The molecule has 7 heteroatoms. The van der Waals surface area contributed by atoms with Crippen LogP contribution < -0.4 is 5.32 Å². The molecule has 0 aliphatic carbocycles. The number of anilines is 1. The van der Waals surface area contributed by atoms with E-state index < -0.39 is 12.0 Å². The molecular weight excluding hydrogens is 207 g/mol. The molecule has 13 heavy (non-hydrogen) atoms. The summed E-state index contributed by atoms with van der Waals surface area (Å²) < 4.78 is 35.9. The first-order chi connectivity index (χ1) is 5.54. The highest BCUT2D eigenvalue weighted by atomic mass is 35.5. The summed E-state index contributed by atoms with van der Waals surface area (Å²) in [5, 5.41) is 2.49. The number of hydrogen-bond acceptors (Lipinski definition) is 3. The molecule has 0 saturated heterocycles. The molecule has 3 nitrogen and oxygen atoms in total. The number of nitrogens with zero attached hydrogens (tertiary/aromatic N) is 2. The number of nitrogens with one attached hydrogen (secondary N) is 1. The van der Waals surface area contributed by atoms with Gasteiger partial charge in [0.25, 0.3) is 0 Å². The van der Waals surface area contributed by atoms with E-state index in [0.29, 0.717) is 0 Å². The summed E-state index contributed by atoms with van der Waals surface area (Å²) in [6.45, 7) is 0. The molecule has 0 bridgehead atoms. The van der Waals surface area contributed by atoms with Gasteiger partial charge in [0.1, 0.15) is 5.82 Å². The third kappa shape index (κ3) is 3.06. The second kappa shape index (κ2) is 4.27. The van der Waals surface area contributed by atoms with Crippen LogP contribution in [-0.2, 0) is 6.18 Å². The molecular formula is C6H7ClF3N3. The van der Waals surface area contributed by atoms with Crippen LogP contribution in [0.15, 0.2) is 12.3 Å². The molecule has 0 fully saturated rings. The third-order valence-corrected chi connectivity index (χ3v) is 1.17. The average Bonchev–Trinajstić information content (AvgIpc) is 2.03. The highest BCUT2D eigenvalue weighted by molar-refractivity contribution is 5.85. The van der Waals surface area contributed by atoms with Crippen LogP contribution in [0.1, 0.15) is 5.82 Å². The third-order valence-electron chi connectivity index (χ3n) is 1.17. The zero-order chi connectivity index (χ0) is 9.19. The van der Waals surface area contributed by atoms with Crippen LogP contribution >= 0.6 is 12.4 Å². The molecule has 1 rings (SSSR count). The predicted octanol–water partition coefficient (Wildman–Crippen LogP) is 1.96. The van der Waals surface area contributed by atoms with Gasteiger partial charge in [-0.15, -0.1) is 12.4 Å². The lowest BCUT2D eigenvalue weighted by molar-refractivity contribution is -0.144. The van der Waals surface area contributed by atoms with Crippen molar-refractivity contribution < 1.29 is 13.2 Å². The standard InChI is InChI=1S/C6H6F3N3.ClH/c1-10-4-2-3-11-5(12-4)6(7,8)9;/h2-3H,1H3,(H,10,11,12);1H. The monoisotopic (exact) mass is 213 g/mol. The SMILES string of the molecule is CNc1ccnc(C(F)(F)F)n1.Cl. The lowest BCUT2D eigenvalue weighted by Crippen LogP contribution is -2.11. The first-order valence-electron chi connectivity index (χ1n) is 3.12. The van der Waals surface area contributed by atoms with Gasteiger partial charge in [-0.2, -0.15) is 13.2 Å². The zero-order valence-electron chi connectivity index (χ0n) is 6.59. The Balaban J connectivity index is 0.00000144. The first kappa shape index (κ1) is 12.0. The summed E-state index contributed by atoms with van der Waals surface area (Å²) in [4.78, 5) is 6.30. The van der Waals surface area contributed by atoms with Crippen LogP contribution in [0.25, 0.3) is 0 Å². The molecule has 0 aromatic carbocycles. The summed E-state index contributed by atoms with van der Waals surface area (Å²) in [5.74, 6) is -0.980. The number of aromatic nitrogens is 2. The van der Waals surface area contributed by atoms with Crippen molar-refractivity contribution in [1.29, 1.82) is 0 Å². The van der Waals surface area contributed by atoms with Crippen LogP contribution in [0.4, 0.5) is 19.0 Å². The molecule has 0 aliphatic rings. The first-order valence-corrected chi connectivity index (χ1v) is 3.12. The van der Waals surface area contributed by atoms with E-state index in [9.17, 15) is 13.2 Å². The Hall–Kier alpha value is -1.04. The quantitative estimate of drug-likeness (QED) is 0.775. The average molecular weight is 214 g/mol. The van der Waals surface area contributed by atoms with Gasteiger partial charge in [-0.1, -0.05) is 0 Å². The largest absolute Gasteiger partial charge is 0.451 e. The van der Waals surface area contributed by atoms with Crippen LogP contribution in [0.3, 0.4) is 0 Å². The number of halogens is 4. The smallest absolute Gasteiger partial charge is 0.373 e. The van der Waals surface area contributed by atoms with Gasteiger partial charge in [0.05, 0.1) is 0 Å². The van der Waals surface area contributed by atoms with Gasteiger partial charge < -0.3 is 5.32 Å². The number of rotatable bonds is 1. The molecule has 0 saturated carbocycles. The fourth-order valence-electron chi connectivity index (χ4n) is 0.635. The Labute approximate surface area is 78.8 Å². The Bertz CT molecular complexity index is 276. The molecule has 1 aromatic rings. The molecule has 1 N–H and O–H groups in total. The molecule has 0 amide bonds. The Morgan fingerprint density at radius 2 is 2.00 bits per heavy atom. The molecule has 74 valence electrons. The van der Waals surface area contributed by atoms with Crippen molar-refractivity contribution in [3.05, 3.63) is 18.1 Å². The topological polar surface area (TPSA) is 37.8 Å². The number of alkyl halides is 3. The molecule has 0 atom stereocenters. The fourth-order valence-corrected chi connectivity index (χ4v) is 0.635. The van der Waals surface area contributed by atoms with E-state index in [2.05, 4.69) is 15.3 Å². The Morgan fingerprint density at radius 1 is 1.38 bits per heavy atom. The van der Waals surface area contributed by atoms with Crippen LogP contribution in [0, 0.1) is 0 Å². The van der Waals surface area contributed by atoms with Crippen molar-refractivity contribution >= 4 is 18.2 Å². The minimum Gasteiger partial charge on any atom is -0.373 e. The molecule has 1 heterocycles. The molecule has 0 aliphatic heterocycles. The van der Waals surface area contributed by atoms with Crippen molar-refractivity contribution in [2.24, 2.45) is 0 Å². The molecule has 1 aromatic heterocycles. The van der Waals surface area contributed by atoms with Gasteiger partial charge in [-0.3, -0.25) is 0 Å². The molecule has 0 unspecified atom stereocenters.